The van der Waals surface area contributed by atoms with Gasteiger partial charge in [-0.3, -0.25) is 4.31 Å². The van der Waals surface area contributed by atoms with Crippen molar-refractivity contribution < 1.29 is 30.4 Å². The predicted octanol–water partition coefficient (Wildman–Crippen LogP) is 5.76. The topological polar surface area (TPSA) is 40.6 Å². The number of nitrogens with zero attached hydrogens (tertiary/aromatic N) is 2. The zero-order chi connectivity index (χ0) is 25.8. The molecule has 0 radical (unpaired) electrons. The highest BCUT2D eigenvalue weighted by molar-refractivity contribution is 7.92. The van der Waals surface area contributed by atoms with Crippen LogP contribution in [-0.4, -0.2) is 45.7 Å². The van der Waals surface area contributed by atoms with Gasteiger partial charge in [-0.2, -0.15) is 13.2 Å². The third-order valence-electron chi connectivity index (χ3n) is 7.16. The second-order valence-corrected chi connectivity index (χ2v) is 12.4. The Morgan fingerprint density at radius 1 is 1.00 bits per heavy atom. The number of hydrogen-bond donors (Lipinski definition) is 0. The van der Waals surface area contributed by atoms with Crippen molar-refractivity contribution in [2.45, 2.75) is 61.9 Å². The van der Waals surface area contributed by atoms with E-state index in [2.05, 4.69) is 0 Å². The molecule has 2 heterocycles. The van der Waals surface area contributed by atoms with Crippen molar-refractivity contribution in [3.8, 4) is 0 Å². The van der Waals surface area contributed by atoms with E-state index in [0.29, 0.717) is 31.6 Å². The molecule has 1 saturated heterocycles. The largest absolute Gasteiger partial charge is 0.390 e. The number of piperidine rings is 1. The van der Waals surface area contributed by atoms with E-state index in [4.69, 9.17) is 0 Å². The molecule has 0 amide bonds. The molecule has 0 aliphatic carbocycles. The van der Waals surface area contributed by atoms with E-state index in [1.807, 2.05) is 32.9 Å². The number of alkyl halides is 3. The average Bonchev–Trinajstić information content (AvgIpc) is 3.08. The summed E-state index contributed by atoms with van der Waals surface area (Å²) in [7, 11) is -4.42. The van der Waals surface area contributed by atoms with Gasteiger partial charge in [0, 0.05) is 18.5 Å². The van der Waals surface area contributed by atoms with Crippen LogP contribution in [0.4, 0.5) is 27.6 Å². The van der Waals surface area contributed by atoms with Gasteiger partial charge in [0.1, 0.15) is 4.90 Å². The fourth-order valence-corrected chi connectivity index (χ4v) is 6.67. The third-order valence-corrected chi connectivity index (χ3v) is 8.93. The summed E-state index contributed by atoms with van der Waals surface area (Å²) in [5, 5.41) is 0. The summed E-state index contributed by atoms with van der Waals surface area (Å²) >= 11 is 0. The molecular weight excluding hydrogens is 487 g/mol. The van der Waals surface area contributed by atoms with E-state index < -0.39 is 44.6 Å². The first kappa shape index (κ1) is 25.9. The van der Waals surface area contributed by atoms with Crippen molar-refractivity contribution in [1.29, 1.82) is 0 Å². The van der Waals surface area contributed by atoms with Crippen LogP contribution in [0.25, 0.3) is 0 Å². The summed E-state index contributed by atoms with van der Waals surface area (Å²) in [6, 6.07) is 8.57. The van der Waals surface area contributed by atoms with Gasteiger partial charge in [0.25, 0.3) is 10.0 Å². The molecule has 4 rings (SSSR count). The number of fused-ring (bicyclic) bond motifs is 2. The Kier molecular flexibility index (Phi) is 6.45. The van der Waals surface area contributed by atoms with Crippen LogP contribution in [0, 0.1) is 11.6 Å². The first-order valence-electron chi connectivity index (χ1n) is 11.5. The number of sulfonamides is 1. The molecule has 2 aromatic rings. The summed E-state index contributed by atoms with van der Waals surface area (Å²) in [5.41, 5.74) is 1.35. The van der Waals surface area contributed by atoms with Gasteiger partial charge in [-0.15, -0.1) is 0 Å². The fraction of sp³-hybridized carbons (Fsp3) is 0.520. The monoisotopic (exact) mass is 516 g/mol. The normalized spacial score (nSPS) is 18.8. The number of anilines is 1. The van der Waals surface area contributed by atoms with Gasteiger partial charge in [-0.1, -0.05) is 39.0 Å². The molecular formula is C25H29F5N2O2S. The first-order chi connectivity index (χ1) is 16.1. The summed E-state index contributed by atoms with van der Waals surface area (Å²) in [6.45, 7) is 6.80. The van der Waals surface area contributed by atoms with E-state index in [1.165, 1.54) is 0 Å². The van der Waals surface area contributed by atoms with Crippen molar-refractivity contribution in [1.82, 2.24) is 4.90 Å². The number of hydrogen-bond acceptors (Lipinski definition) is 3. The minimum atomic E-state index is -4.42. The number of likely N-dealkylation sites (tertiary alicyclic amines) is 1. The van der Waals surface area contributed by atoms with Gasteiger partial charge < -0.3 is 4.90 Å². The quantitative estimate of drug-likeness (QED) is 0.486. The van der Waals surface area contributed by atoms with Crippen molar-refractivity contribution >= 4 is 15.7 Å². The highest BCUT2D eigenvalue weighted by Crippen LogP contribution is 2.50. The molecule has 10 heteroatoms. The standard InChI is InChI=1S/C25H29F5N2O2S/c1-23(2,3)17-7-8-20-18(15-17)24(9-12-31(13-10-24)14-11-25(28,29)30)16-32(20)35(33,34)21-6-4-5-19(26)22(21)27/h4-8,15H,9-14,16H2,1-3H3. The number of rotatable bonds is 4. The third kappa shape index (κ3) is 4.91. The van der Waals surface area contributed by atoms with Crippen molar-refractivity contribution in [3.05, 3.63) is 59.2 Å². The van der Waals surface area contributed by atoms with Crippen LogP contribution in [0.15, 0.2) is 41.3 Å². The van der Waals surface area contributed by atoms with Gasteiger partial charge in [0.2, 0.25) is 0 Å². The van der Waals surface area contributed by atoms with E-state index in [9.17, 15) is 30.4 Å². The van der Waals surface area contributed by atoms with Crippen LogP contribution >= 0.6 is 0 Å². The van der Waals surface area contributed by atoms with Crippen LogP contribution in [0.5, 0.6) is 0 Å². The van der Waals surface area contributed by atoms with Gasteiger partial charge in [-0.05, 0) is 60.7 Å². The number of halogens is 5. The van der Waals surface area contributed by atoms with Crippen LogP contribution in [0.2, 0.25) is 0 Å². The van der Waals surface area contributed by atoms with Crippen LogP contribution in [0.1, 0.15) is 51.2 Å². The second kappa shape index (κ2) is 8.73. The molecule has 1 spiro atoms. The van der Waals surface area contributed by atoms with Gasteiger partial charge in [0.05, 0.1) is 12.1 Å². The molecule has 0 atom stereocenters. The lowest BCUT2D eigenvalue weighted by Crippen LogP contribution is -2.46. The minimum Gasteiger partial charge on any atom is -0.303 e. The lowest BCUT2D eigenvalue weighted by atomic mass is 9.72. The Morgan fingerprint density at radius 3 is 2.26 bits per heavy atom. The molecule has 0 unspecified atom stereocenters. The maximum Gasteiger partial charge on any atom is 0.390 e. The van der Waals surface area contributed by atoms with Gasteiger partial charge >= 0.3 is 6.18 Å². The maximum atomic E-state index is 14.5. The summed E-state index contributed by atoms with van der Waals surface area (Å²) in [6.07, 6.45) is -4.22. The van der Waals surface area contributed by atoms with Crippen LogP contribution < -0.4 is 4.31 Å². The van der Waals surface area contributed by atoms with Gasteiger partial charge in [-0.25, -0.2) is 17.2 Å². The van der Waals surface area contributed by atoms with E-state index in [1.54, 1.807) is 11.0 Å². The second-order valence-electron chi connectivity index (χ2n) is 10.5. The van der Waals surface area contributed by atoms with E-state index in [-0.39, 0.29) is 18.5 Å². The van der Waals surface area contributed by atoms with Crippen LogP contribution in [0.3, 0.4) is 0 Å². The molecule has 2 aliphatic rings. The lowest BCUT2D eigenvalue weighted by molar-refractivity contribution is -0.138. The average molecular weight is 517 g/mol. The molecule has 0 aromatic heterocycles. The highest BCUT2D eigenvalue weighted by atomic mass is 32.2. The van der Waals surface area contributed by atoms with Gasteiger partial charge in [0.15, 0.2) is 11.6 Å². The zero-order valence-corrected chi connectivity index (χ0v) is 20.7. The molecule has 35 heavy (non-hydrogen) atoms. The molecule has 4 nitrogen and oxygen atoms in total. The Labute approximate surface area is 202 Å². The number of benzene rings is 2. The minimum absolute atomic E-state index is 0.0291. The van der Waals surface area contributed by atoms with Crippen molar-refractivity contribution in [2.75, 3.05) is 30.5 Å². The summed E-state index contributed by atoms with van der Waals surface area (Å²) in [4.78, 5) is 1.01. The zero-order valence-electron chi connectivity index (χ0n) is 19.9. The molecule has 0 saturated carbocycles. The molecule has 1 fully saturated rings. The van der Waals surface area contributed by atoms with Crippen LogP contribution in [-0.2, 0) is 20.9 Å². The smallest absolute Gasteiger partial charge is 0.303 e. The molecule has 192 valence electrons. The first-order valence-corrected chi connectivity index (χ1v) is 13.0. The SMILES string of the molecule is CC(C)(C)c1ccc2c(c1)C1(CCN(CCC(F)(F)F)CC1)CN2S(=O)(=O)c1cccc(F)c1F. The predicted molar refractivity (Wildman–Crippen MR) is 124 cm³/mol. The Morgan fingerprint density at radius 2 is 1.66 bits per heavy atom. The van der Waals surface area contributed by atoms with Crippen molar-refractivity contribution in [3.63, 3.8) is 0 Å². The van der Waals surface area contributed by atoms with E-state index in [0.717, 1.165) is 33.6 Å². The molecule has 2 aliphatic heterocycles. The van der Waals surface area contributed by atoms with Crippen molar-refractivity contribution in [2.24, 2.45) is 0 Å². The lowest BCUT2D eigenvalue weighted by Gasteiger charge is -2.40. The van der Waals surface area contributed by atoms with E-state index >= 15 is 0 Å². The summed E-state index contributed by atoms with van der Waals surface area (Å²) in [5.74, 6) is -2.68. The molecule has 0 bridgehead atoms. The fourth-order valence-electron chi connectivity index (χ4n) is 5.02. The molecule has 0 N–H and O–H groups in total. The summed E-state index contributed by atoms with van der Waals surface area (Å²) < 4.78 is 94.7. The Bertz CT molecular complexity index is 1210. The maximum absolute atomic E-state index is 14.5. The Hall–Kier alpha value is -2.20. The molecule has 2 aromatic carbocycles. The highest BCUT2D eigenvalue weighted by Gasteiger charge is 2.49. The Balaban J connectivity index is 1.73.